The SMILES string of the molecule is C#C[Si](C)(C)C.CC[C@H](C#C[Si](C)(C)C)[C@@H](O)CCOCc1ccccc1.CC[C@H]1O[C@H]1CCOCc1ccccc1. The third kappa shape index (κ3) is 19.9. The molecule has 0 unspecified atom stereocenters. The molecule has 0 aliphatic carbocycles. The first-order valence-electron chi connectivity index (χ1n) is 15.5. The number of epoxide rings is 1. The van der Waals surface area contributed by atoms with Gasteiger partial charge < -0.3 is 19.3 Å². The summed E-state index contributed by atoms with van der Waals surface area (Å²) in [4.78, 5) is 0. The molecule has 0 aromatic heterocycles. The van der Waals surface area contributed by atoms with Crippen molar-refractivity contribution in [1.82, 2.24) is 0 Å². The summed E-state index contributed by atoms with van der Waals surface area (Å²) in [7, 11) is -2.47. The van der Waals surface area contributed by atoms with Crippen molar-refractivity contribution in [2.24, 2.45) is 5.92 Å². The van der Waals surface area contributed by atoms with Gasteiger partial charge in [0.1, 0.15) is 16.1 Å². The van der Waals surface area contributed by atoms with Gasteiger partial charge in [-0.15, -0.1) is 23.4 Å². The van der Waals surface area contributed by atoms with E-state index in [1.807, 2.05) is 48.5 Å². The zero-order valence-corrected chi connectivity index (χ0v) is 29.5. The minimum absolute atomic E-state index is 0.0667. The Morgan fingerprint density at radius 3 is 1.71 bits per heavy atom. The first-order chi connectivity index (χ1) is 19.9. The number of hydrogen-bond donors (Lipinski definition) is 1. The Hall–Kier alpha value is -2.17. The van der Waals surface area contributed by atoms with E-state index < -0.39 is 22.3 Å². The van der Waals surface area contributed by atoms with Gasteiger partial charge in [0.05, 0.1) is 31.5 Å². The molecular weight excluding hydrogens is 553 g/mol. The van der Waals surface area contributed by atoms with Crippen LogP contribution in [0.3, 0.4) is 0 Å². The molecule has 1 saturated heterocycles. The summed E-state index contributed by atoms with van der Waals surface area (Å²) < 4.78 is 16.7. The maximum absolute atomic E-state index is 10.2. The molecule has 1 aliphatic heterocycles. The summed E-state index contributed by atoms with van der Waals surface area (Å²) in [6.45, 7) is 20.0. The van der Waals surface area contributed by atoms with E-state index in [-0.39, 0.29) is 5.92 Å². The summed E-state index contributed by atoms with van der Waals surface area (Å²) in [5.74, 6) is 3.34. The molecule has 0 spiro atoms. The monoisotopic (exact) mass is 608 g/mol. The van der Waals surface area contributed by atoms with Crippen LogP contribution in [0.4, 0.5) is 0 Å². The topological polar surface area (TPSA) is 51.2 Å². The zero-order chi connectivity index (χ0) is 31.4. The predicted molar refractivity (Wildman–Crippen MR) is 183 cm³/mol. The minimum atomic E-state index is -1.37. The van der Waals surface area contributed by atoms with Crippen molar-refractivity contribution in [2.45, 2.75) is 110 Å². The number of aliphatic hydroxyl groups excluding tert-OH is 1. The average molecular weight is 609 g/mol. The highest BCUT2D eigenvalue weighted by atomic mass is 28.3. The van der Waals surface area contributed by atoms with Gasteiger partial charge in [-0.2, -0.15) is 0 Å². The van der Waals surface area contributed by atoms with Crippen molar-refractivity contribution in [1.29, 1.82) is 0 Å². The second-order valence-corrected chi connectivity index (χ2v) is 22.3. The first-order valence-corrected chi connectivity index (χ1v) is 22.5. The second-order valence-electron chi connectivity index (χ2n) is 12.8. The fourth-order valence-electron chi connectivity index (χ4n) is 3.71. The number of terminal acetylenes is 1. The van der Waals surface area contributed by atoms with Crippen LogP contribution >= 0.6 is 0 Å². The molecule has 6 heteroatoms. The molecule has 4 nitrogen and oxygen atoms in total. The highest BCUT2D eigenvalue weighted by molar-refractivity contribution is 6.84. The van der Waals surface area contributed by atoms with Gasteiger partial charge in [0, 0.05) is 19.1 Å². The molecule has 3 rings (SSSR count). The lowest BCUT2D eigenvalue weighted by atomic mass is 9.98. The number of benzene rings is 2. The van der Waals surface area contributed by atoms with Gasteiger partial charge in [-0.3, -0.25) is 0 Å². The van der Waals surface area contributed by atoms with Crippen molar-refractivity contribution in [2.75, 3.05) is 13.2 Å². The van der Waals surface area contributed by atoms with Crippen molar-refractivity contribution in [3.63, 3.8) is 0 Å². The van der Waals surface area contributed by atoms with Crippen LogP contribution < -0.4 is 0 Å². The number of ether oxygens (including phenoxy) is 3. The third-order valence-electron chi connectivity index (χ3n) is 6.39. The lowest BCUT2D eigenvalue weighted by Crippen LogP contribution is -2.23. The number of rotatable bonds is 13. The van der Waals surface area contributed by atoms with E-state index in [1.54, 1.807) is 0 Å². The van der Waals surface area contributed by atoms with Crippen LogP contribution in [0, 0.1) is 29.3 Å². The zero-order valence-electron chi connectivity index (χ0n) is 27.5. The van der Waals surface area contributed by atoms with E-state index in [1.165, 1.54) is 5.56 Å². The molecule has 1 heterocycles. The molecule has 0 bridgehead atoms. The quantitative estimate of drug-likeness (QED) is 0.108. The van der Waals surface area contributed by atoms with Gasteiger partial charge in [0.25, 0.3) is 0 Å². The van der Waals surface area contributed by atoms with E-state index in [0.717, 1.165) is 31.4 Å². The van der Waals surface area contributed by atoms with Crippen LogP contribution in [0.25, 0.3) is 0 Å². The molecule has 0 saturated carbocycles. The summed E-state index contributed by atoms with van der Waals surface area (Å²) in [5, 5.41) is 10.2. The smallest absolute Gasteiger partial charge is 0.129 e. The minimum Gasteiger partial charge on any atom is -0.392 e. The van der Waals surface area contributed by atoms with Crippen LogP contribution in [0.2, 0.25) is 39.3 Å². The molecule has 2 aromatic carbocycles. The third-order valence-corrected chi connectivity index (χ3v) is 8.15. The van der Waals surface area contributed by atoms with Crippen LogP contribution in [-0.4, -0.2) is 52.8 Å². The fourth-order valence-corrected chi connectivity index (χ4v) is 4.32. The Kier molecular flexibility index (Phi) is 18.6. The maximum Gasteiger partial charge on any atom is 0.129 e. The summed E-state index contributed by atoms with van der Waals surface area (Å²) in [6, 6.07) is 20.4. The van der Waals surface area contributed by atoms with Crippen molar-refractivity contribution < 1.29 is 19.3 Å². The van der Waals surface area contributed by atoms with E-state index >= 15 is 0 Å². The molecule has 1 fully saturated rings. The normalized spacial score (nSPS) is 17.1. The molecule has 1 N–H and O–H groups in total. The van der Waals surface area contributed by atoms with Gasteiger partial charge in [-0.05, 0) is 36.8 Å². The Balaban J connectivity index is 0.000000364. The van der Waals surface area contributed by atoms with Crippen molar-refractivity contribution in [3.05, 3.63) is 71.8 Å². The van der Waals surface area contributed by atoms with E-state index in [0.29, 0.717) is 38.4 Å². The van der Waals surface area contributed by atoms with Gasteiger partial charge in [-0.25, -0.2) is 0 Å². The highest BCUT2D eigenvalue weighted by Gasteiger charge is 2.36. The van der Waals surface area contributed by atoms with Crippen LogP contribution in [0.5, 0.6) is 0 Å². The molecule has 42 heavy (non-hydrogen) atoms. The molecule has 0 radical (unpaired) electrons. The summed E-state index contributed by atoms with van der Waals surface area (Å²) in [6.07, 6.45) is 9.38. The van der Waals surface area contributed by atoms with E-state index in [9.17, 15) is 5.11 Å². The fraction of sp³-hybridized carbons (Fsp3) is 0.556. The van der Waals surface area contributed by atoms with E-state index in [4.69, 9.17) is 20.6 Å². The summed E-state index contributed by atoms with van der Waals surface area (Å²) >= 11 is 0. The molecule has 232 valence electrons. The Bertz CT molecular complexity index is 1060. The van der Waals surface area contributed by atoms with Gasteiger partial charge in [-0.1, -0.05) is 114 Å². The lowest BCUT2D eigenvalue weighted by Gasteiger charge is -2.17. The predicted octanol–water partition coefficient (Wildman–Crippen LogP) is 8.13. The van der Waals surface area contributed by atoms with Gasteiger partial charge >= 0.3 is 0 Å². The molecule has 0 amide bonds. The maximum atomic E-state index is 10.2. The Labute approximate surface area is 259 Å². The average Bonchev–Trinajstić information content (AvgIpc) is 3.73. The Morgan fingerprint density at radius 2 is 1.31 bits per heavy atom. The van der Waals surface area contributed by atoms with Gasteiger partial charge in [0.2, 0.25) is 0 Å². The lowest BCUT2D eigenvalue weighted by molar-refractivity contribution is 0.0567. The second kappa shape index (κ2) is 20.7. The highest BCUT2D eigenvalue weighted by Crippen LogP contribution is 2.27. The molecule has 1 aliphatic rings. The largest absolute Gasteiger partial charge is 0.392 e. The summed E-state index contributed by atoms with van der Waals surface area (Å²) in [5.41, 5.74) is 8.50. The van der Waals surface area contributed by atoms with Crippen molar-refractivity contribution in [3.8, 4) is 23.4 Å². The molecule has 2 aromatic rings. The van der Waals surface area contributed by atoms with Crippen LogP contribution in [-0.2, 0) is 27.4 Å². The van der Waals surface area contributed by atoms with Crippen LogP contribution in [0.15, 0.2) is 60.7 Å². The van der Waals surface area contributed by atoms with Gasteiger partial charge in [0.15, 0.2) is 0 Å². The number of hydrogen-bond acceptors (Lipinski definition) is 4. The molecule has 4 atom stereocenters. The Morgan fingerprint density at radius 1 is 0.810 bits per heavy atom. The van der Waals surface area contributed by atoms with E-state index in [2.05, 4.69) is 82.3 Å². The standard InChI is InChI=1S/C18H28O2Si.C13H18O2.C5H10Si/c1-5-17(12-14-21(2,3)4)18(19)11-13-20-15-16-9-7-6-8-10-16;1-2-12-13(15-12)8-9-14-10-11-6-4-3-5-7-11;1-5-6(2,3)4/h6-10,17-19H,5,11,13,15H2,1-4H3;3-7,12-13H,2,8-10H2,1H3;1H,2-4H3/t17-,18+;12-,13+;/m11./s1. The number of aliphatic hydroxyl groups is 1. The molecular formula is C36H56O4Si2. The van der Waals surface area contributed by atoms with Crippen molar-refractivity contribution >= 4 is 16.1 Å². The van der Waals surface area contributed by atoms with Crippen LogP contribution in [0.1, 0.15) is 50.7 Å². The first kappa shape index (κ1) is 37.9.